The number of anilines is 1. The lowest BCUT2D eigenvalue weighted by atomic mass is 10.1. The second kappa shape index (κ2) is 7.80. The molecule has 132 valence electrons. The quantitative estimate of drug-likeness (QED) is 0.767. The summed E-state index contributed by atoms with van der Waals surface area (Å²) in [5, 5.41) is 3.05. The Kier molecular flexibility index (Phi) is 5.76. The SMILES string of the molecule is COC(=O)c1c(NC(=O)COc2ccccc2C(N)=O)sc(C)c1C. The Morgan fingerprint density at radius 1 is 1.20 bits per heavy atom. The molecule has 0 spiro atoms. The first-order chi connectivity index (χ1) is 11.8. The molecule has 0 atom stereocenters. The Labute approximate surface area is 148 Å². The van der Waals surface area contributed by atoms with E-state index in [1.165, 1.54) is 24.5 Å². The predicted octanol–water partition coefficient (Wildman–Crippen LogP) is 2.27. The summed E-state index contributed by atoms with van der Waals surface area (Å²) in [6.07, 6.45) is 0. The van der Waals surface area contributed by atoms with Crippen LogP contribution in [0.25, 0.3) is 0 Å². The zero-order chi connectivity index (χ0) is 18.6. The number of ether oxygens (including phenoxy) is 2. The second-order valence-corrected chi connectivity index (χ2v) is 6.40. The topological polar surface area (TPSA) is 108 Å². The number of hydrogen-bond acceptors (Lipinski definition) is 6. The molecular formula is C17H18N2O5S. The van der Waals surface area contributed by atoms with Crippen LogP contribution in [-0.4, -0.2) is 31.5 Å². The third-order valence-corrected chi connectivity index (χ3v) is 4.66. The highest BCUT2D eigenvalue weighted by atomic mass is 32.1. The molecule has 8 heteroatoms. The molecule has 1 heterocycles. The van der Waals surface area contributed by atoms with Gasteiger partial charge in [0.15, 0.2) is 6.61 Å². The van der Waals surface area contributed by atoms with Crippen LogP contribution >= 0.6 is 11.3 Å². The number of carbonyl (C=O) groups excluding carboxylic acids is 3. The number of thiophene rings is 1. The van der Waals surface area contributed by atoms with Gasteiger partial charge >= 0.3 is 5.97 Å². The zero-order valence-corrected chi connectivity index (χ0v) is 14.9. The average Bonchev–Trinajstić information content (AvgIpc) is 2.86. The van der Waals surface area contributed by atoms with Gasteiger partial charge in [0.2, 0.25) is 0 Å². The van der Waals surface area contributed by atoms with Crippen molar-refractivity contribution in [2.45, 2.75) is 13.8 Å². The van der Waals surface area contributed by atoms with Gasteiger partial charge in [0.1, 0.15) is 10.8 Å². The van der Waals surface area contributed by atoms with Crippen LogP contribution in [-0.2, 0) is 9.53 Å². The molecule has 7 nitrogen and oxygen atoms in total. The molecule has 2 amide bonds. The van der Waals surface area contributed by atoms with Crippen LogP contribution in [0.4, 0.5) is 5.00 Å². The minimum absolute atomic E-state index is 0.188. The van der Waals surface area contributed by atoms with Gasteiger partial charge in [0, 0.05) is 4.88 Å². The molecule has 3 N–H and O–H groups in total. The Balaban J connectivity index is 2.11. The Morgan fingerprint density at radius 2 is 1.88 bits per heavy atom. The van der Waals surface area contributed by atoms with Crippen LogP contribution in [0.1, 0.15) is 31.2 Å². The van der Waals surface area contributed by atoms with Gasteiger partial charge in [-0.15, -0.1) is 11.3 Å². The first-order valence-electron chi connectivity index (χ1n) is 7.35. The minimum Gasteiger partial charge on any atom is -0.483 e. The van der Waals surface area contributed by atoms with Crippen LogP contribution in [0.3, 0.4) is 0 Å². The number of primary amides is 1. The number of methoxy groups -OCH3 is 1. The van der Waals surface area contributed by atoms with E-state index < -0.39 is 17.8 Å². The van der Waals surface area contributed by atoms with E-state index >= 15 is 0 Å². The summed E-state index contributed by atoms with van der Waals surface area (Å²) in [7, 11) is 1.28. The number of para-hydroxylation sites is 1. The van der Waals surface area contributed by atoms with Gasteiger partial charge in [-0.3, -0.25) is 9.59 Å². The third kappa shape index (κ3) is 4.16. The maximum atomic E-state index is 12.2. The molecule has 1 aromatic heterocycles. The highest BCUT2D eigenvalue weighted by Gasteiger charge is 2.21. The molecule has 1 aromatic carbocycles. The molecule has 0 fully saturated rings. The lowest BCUT2D eigenvalue weighted by Gasteiger charge is -2.10. The van der Waals surface area contributed by atoms with Crippen LogP contribution in [0, 0.1) is 13.8 Å². The molecule has 0 unspecified atom stereocenters. The van der Waals surface area contributed by atoms with Gasteiger partial charge in [-0.2, -0.15) is 0 Å². The van der Waals surface area contributed by atoms with E-state index in [1.807, 2.05) is 6.92 Å². The number of amides is 2. The molecule has 0 bridgehead atoms. The van der Waals surface area contributed by atoms with Crippen molar-refractivity contribution in [3.8, 4) is 5.75 Å². The number of hydrogen-bond donors (Lipinski definition) is 2. The number of rotatable bonds is 6. The van der Waals surface area contributed by atoms with Gasteiger partial charge in [-0.1, -0.05) is 12.1 Å². The predicted molar refractivity (Wildman–Crippen MR) is 94.2 cm³/mol. The lowest BCUT2D eigenvalue weighted by molar-refractivity contribution is -0.118. The number of aryl methyl sites for hydroxylation is 1. The van der Waals surface area contributed by atoms with Crippen LogP contribution in [0.5, 0.6) is 5.75 Å². The number of nitrogens with one attached hydrogen (secondary N) is 1. The third-order valence-electron chi connectivity index (χ3n) is 3.54. The Hall–Kier alpha value is -2.87. The van der Waals surface area contributed by atoms with Crippen molar-refractivity contribution < 1.29 is 23.9 Å². The van der Waals surface area contributed by atoms with Crippen LogP contribution in [0.15, 0.2) is 24.3 Å². The smallest absolute Gasteiger partial charge is 0.341 e. The lowest BCUT2D eigenvalue weighted by Crippen LogP contribution is -2.22. The molecule has 0 radical (unpaired) electrons. The van der Waals surface area contributed by atoms with E-state index in [4.69, 9.17) is 15.2 Å². The fourth-order valence-electron chi connectivity index (χ4n) is 2.16. The number of esters is 1. The van der Waals surface area contributed by atoms with Crippen LogP contribution in [0.2, 0.25) is 0 Å². The zero-order valence-electron chi connectivity index (χ0n) is 14.0. The number of benzene rings is 1. The largest absolute Gasteiger partial charge is 0.483 e. The van der Waals surface area contributed by atoms with Gasteiger partial charge < -0.3 is 20.5 Å². The normalized spacial score (nSPS) is 10.2. The highest BCUT2D eigenvalue weighted by Crippen LogP contribution is 2.32. The maximum absolute atomic E-state index is 12.2. The fourth-order valence-corrected chi connectivity index (χ4v) is 3.23. The fraction of sp³-hybridized carbons (Fsp3) is 0.235. The van der Waals surface area contributed by atoms with E-state index in [9.17, 15) is 14.4 Å². The van der Waals surface area contributed by atoms with Gasteiger partial charge in [-0.05, 0) is 31.5 Å². The van der Waals surface area contributed by atoms with E-state index in [0.29, 0.717) is 10.6 Å². The summed E-state index contributed by atoms with van der Waals surface area (Å²) in [5.41, 5.74) is 6.54. The van der Waals surface area contributed by atoms with E-state index in [-0.39, 0.29) is 17.9 Å². The van der Waals surface area contributed by atoms with E-state index in [2.05, 4.69) is 5.32 Å². The molecular weight excluding hydrogens is 344 g/mol. The van der Waals surface area contributed by atoms with Gasteiger partial charge in [0.25, 0.3) is 11.8 Å². The summed E-state index contributed by atoms with van der Waals surface area (Å²) >= 11 is 1.28. The van der Waals surface area contributed by atoms with Crippen LogP contribution < -0.4 is 15.8 Å². The molecule has 2 aromatic rings. The number of carbonyl (C=O) groups is 3. The molecule has 0 aliphatic rings. The monoisotopic (exact) mass is 362 g/mol. The summed E-state index contributed by atoms with van der Waals surface area (Å²) in [6, 6.07) is 6.37. The Morgan fingerprint density at radius 3 is 2.52 bits per heavy atom. The molecule has 25 heavy (non-hydrogen) atoms. The first kappa shape index (κ1) is 18.5. The average molecular weight is 362 g/mol. The summed E-state index contributed by atoms with van der Waals surface area (Å²) in [6.45, 7) is 3.30. The maximum Gasteiger partial charge on any atom is 0.341 e. The summed E-state index contributed by atoms with van der Waals surface area (Å²) in [5.74, 6) is -1.41. The minimum atomic E-state index is -0.645. The van der Waals surface area contributed by atoms with E-state index in [1.54, 1.807) is 25.1 Å². The highest BCUT2D eigenvalue weighted by molar-refractivity contribution is 7.16. The standard InChI is InChI=1S/C17H18N2O5S/c1-9-10(2)25-16(14(9)17(22)23-3)19-13(20)8-24-12-7-5-4-6-11(12)15(18)21/h4-7H,8H2,1-3H3,(H2,18,21)(H,19,20). The van der Waals surface area contributed by atoms with Crippen molar-refractivity contribution in [3.05, 3.63) is 45.8 Å². The number of nitrogens with two attached hydrogens (primary N) is 1. The molecule has 0 saturated carbocycles. The molecule has 0 aliphatic carbocycles. The first-order valence-corrected chi connectivity index (χ1v) is 8.16. The van der Waals surface area contributed by atoms with Crippen molar-refractivity contribution in [2.75, 3.05) is 19.0 Å². The van der Waals surface area contributed by atoms with Crippen molar-refractivity contribution in [1.29, 1.82) is 0 Å². The Bertz CT molecular complexity index is 828. The van der Waals surface area contributed by atoms with Crippen molar-refractivity contribution in [3.63, 3.8) is 0 Å². The van der Waals surface area contributed by atoms with E-state index in [0.717, 1.165) is 10.4 Å². The second-order valence-electron chi connectivity index (χ2n) is 5.18. The van der Waals surface area contributed by atoms with Crippen molar-refractivity contribution >= 4 is 34.1 Å². The van der Waals surface area contributed by atoms with Crippen molar-refractivity contribution in [2.24, 2.45) is 5.73 Å². The van der Waals surface area contributed by atoms with Crippen molar-refractivity contribution in [1.82, 2.24) is 0 Å². The van der Waals surface area contributed by atoms with Gasteiger partial charge in [0.05, 0.1) is 18.2 Å². The molecule has 0 saturated heterocycles. The summed E-state index contributed by atoms with van der Waals surface area (Å²) < 4.78 is 10.1. The summed E-state index contributed by atoms with van der Waals surface area (Å²) in [4.78, 5) is 36.3. The van der Waals surface area contributed by atoms with Gasteiger partial charge in [-0.25, -0.2) is 4.79 Å². The molecule has 0 aliphatic heterocycles. The molecule has 2 rings (SSSR count).